The van der Waals surface area contributed by atoms with Gasteiger partial charge >= 0.3 is 6.18 Å². The number of benzene rings is 3. The predicted octanol–water partition coefficient (Wildman–Crippen LogP) is 6.03. The maximum Gasteiger partial charge on any atom is 0.416 e. The Morgan fingerprint density at radius 2 is 1.45 bits per heavy atom. The third-order valence-electron chi connectivity index (χ3n) is 4.60. The molecule has 5 nitrogen and oxygen atoms in total. The van der Waals surface area contributed by atoms with Gasteiger partial charge in [-0.1, -0.05) is 5.16 Å². The Kier molecular flexibility index (Phi) is 3.64. The molecule has 0 aliphatic heterocycles. The quantitative estimate of drug-likeness (QED) is 0.395. The van der Waals surface area contributed by atoms with Gasteiger partial charge < -0.3 is 14.0 Å². The van der Waals surface area contributed by atoms with E-state index in [0.29, 0.717) is 33.1 Å². The molecule has 0 aliphatic carbocycles. The van der Waals surface area contributed by atoms with Crippen LogP contribution in [0.15, 0.2) is 69.6 Å². The number of fused-ring (bicyclic) bond motifs is 3. The van der Waals surface area contributed by atoms with Crippen LogP contribution in [0, 0.1) is 0 Å². The van der Waals surface area contributed by atoms with Crippen molar-refractivity contribution in [1.82, 2.24) is 10.1 Å². The highest BCUT2D eigenvalue weighted by Gasteiger charge is 2.31. The minimum atomic E-state index is -4.44. The fourth-order valence-electron chi connectivity index (χ4n) is 3.15. The average Bonchev–Trinajstić information content (AvgIpc) is 3.32. The summed E-state index contributed by atoms with van der Waals surface area (Å²) in [4.78, 5) is 4.34. The molecule has 29 heavy (non-hydrogen) atoms. The SMILES string of the molecule is Oc1ccc(-c2nc(-c3ccc4oc5ccc(C(F)(F)F)cc5c4c3)no2)cc1. The lowest BCUT2D eigenvalue weighted by Gasteiger charge is -2.05. The molecule has 5 rings (SSSR count). The second-order valence-electron chi connectivity index (χ2n) is 6.49. The molecular formula is C21H11F3N2O3. The largest absolute Gasteiger partial charge is 0.508 e. The maximum atomic E-state index is 13.1. The van der Waals surface area contributed by atoms with E-state index in [1.807, 2.05) is 0 Å². The van der Waals surface area contributed by atoms with E-state index >= 15 is 0 Å². The summed E-state index contributed by atoms with van der Waals surface area (Å²) in [5.74, 6) is 0.664. The first kappa shape index (κ1) is 17.3. The zero-order chi connectivity index (χ0) is 20.2. The van der Waals surface area contributed by atoms with Crippen LogP contribution in [0.2, 0.25) is 0 Å². The van der Waals surface area contributed by atoms with Crippen LogP contribution in [-0.2, 0) is 6.18 Å². The second kappa shape index (κ2) is 6.10. The number of phenolic OH excluding ortho intramolecular Hbond substituents is 1. The highest BCUT2D eigenvalue weighted by molar-refractivity contribution is 6.06. The lowest BCUT2D eigenvalue weighted by Crippen LogP contribution is -2.03. The Balaban J connectivity index is 1.60. The summed E-state index contributed by atoms with van der Waals surface area (Å²) in [7, 11) is 0. The molecule has 3 aromatic carbocycles. The van der Waals surface area contributed by atoms with Gasteiger partial charge in [-0.05, 0) is 60.7 Å². The van der Waals surface area contributed by atoms with Crippen molar-refractivity contribution >= 4 is 21.9 Å². The second-order valence-corrected chi connectivity index (χ2v) is 6.49. The Morgan fingerprint density at radius 3 is 2.17 bits per heavy atom. The van der Waals surface area contributed by atoms with Gasteiger partial charge in [0.2, 0.25) is 5.82 Å². The first-order valence-corrected chi connectivity index (χ1v) is 8.55. The fourth-order valence-corrected chi connectivity index (χ4v) is 3.15. The van der Waals surface area contributed by atoms with Crippen molar-refractivity contribution in [2.24, 2.45) is 0 Å². The minimum absolute atomic E-state index is 0.115. The summed E-state index contributed by atoms with van der Waals surface area (Å²) in [5.41, 5.74) is 1.29. The Bertz CT molecular complexity index is 1350. The summed E-state index contributed by atoms with van der Waals surface area (Å²) in [6.07, 6.45) is -4.44. The average molecular weight is 396 g/mol. The zero-order valence-corrected chi connectivity index (χ0v) is 14.6. The maximum absolute atomic E-state index is 13.1. The number of rotatable bonds is 2. The summed E-state index contributed by atoms with van der Waals surface area (Å²) in [6.45, 7) is 0. The van der Waals surface area contributed by atoms with Crippen LogP contribution in [-0.4, -0.2) is 15.2 Å². The number of aromatic hydroxyl groups is 1. The highest BCUT2D eigenvalue weighted by Crippen LogP contribution is 2.36. The molecule has 0 amide bonds. The van der Waals surface area contributed by atoms with Crippen LogP contribution in [0.3, 0.4) is 0 Å². The Labute approximate surface area is 161 Å². The summed E-state index contributed by atoms with van der Waals surface area (Å²) >= 11 is 0. The van der Waals surface area contributed by atoms with Crippen molar-refractivity contribution in [1.29, 1.82) is 0 Å². The molecule has 0 radical (unpaired) electrons. The van der Waals surface area contributed by atoms with Gasteiger partial charge in [0.15, 0.2) is 0 Å². The number of hydrogen-bond donors (Lipinski definition) is 1. The van der Waals surface area contributed by atoms with Crippen molar-refractivity contribution in [3.05, 3.63) is 66.2 Å². The third kappa shape index (κ3) is 2.98. The molecule has 2 heterocycles. The van der Waals surface area contributed by atoms with Gasteiger partial charge in [0.05, 0.1) is 5.56 Å². The minimum Gasteiger partial charge on any atom is -0.508 e. The molecule has 0 saturated carbocycles. The van der Waals surface area contributed by atoms with E-state index in [2.05, 4.69) is 10.1 Å². The highest BCUT2D eigenvalue weighted by atomic mass is 19.4. The molecule has 0 bridgehead atoms. The van der Waals surface area contributed by atoms with Gasteiger partial charge in [0.1, 0.15) is 16.9 Å². The van der Waals surface area contributed by atoms with Gasteiger partial charge in [0, 0.05) is 21.9 Å². The molecule has 1 N–H and O–H groups in total. The van der Waals surface area contributed by atoms with Gasteiger partial charge in [-0.2, -0.15) is 18.2 Å². The molecule has 0 aliphatic rings. The van der Waals surface area contributed by atoms with Crippen molar-refractivity contribution < 1.29 is 27.2 Å². The number of nitrogens with zero attached hydrogens (tertiary/aromatic N) is 2. The molecule has 0 atom stereocenters. The van der Waals surface area contributed by atoms with Crippen LogP contribution < -0.4 is 0 Å². The molecule has 0 saturated heterocycles. The Hall–Kier alpha value is -3.81. The molecule has 8 heteroatoms. The van der Waals surface area contributed by atoms with E-state index in [4.69, 9.17) is 8.94 Å². The third-order valence-corrected chi connectivity index (χ3v) is 4.60. The lowest BCUT2D eigenvalue weighted by atomic mass is 10.1. The molecule has 0 unspecified atom stereocenters. The van der Waals surface area contributed by atoms with Crippen LogP contribution in [0.5, 0.6) is 5.75 Å². The lowest BCUT2D eigenvalue weighted by molar-refractivity contribution is -0.137. The van der Waals surface area contributed by atoms with E-state index in [1.54, 1.807) is 30.3 Å². The molecule has 5 aromatic rings. The molecular weight excluding hydrogens is 385 g/mol. The van der Waals surface area contributed by atoms with E-state index in [9.17, 15) is 18.3 Å². The number of hydrogen-bond acceptors (Lipinski definition) is 5. The van der Waals surface area contributed by atoms with E-state index in [-0.39, 0.29) is 17.5 Å². The van der Waals surface area contributed by atoms with E-state index in [0.717, 1.165) is 12.1 Å². The first-order valence-electron chi connectivity index (χ1n) is 8.55. The van der Waals surface area contributed by atoms with Crippen LogP contribution in [0.25, 0.3) is 44.8 Å². The van der Waals surface area contributed by atoms with Crippen LogP contribution in [0.4, 0.5) is 13.2 Å². The number of furan rings is 1. The van der Waals surface area contributed by atoms with E-state index < -0.39 is 11.7 Å². The fraction of sp³-hybridized carbons (Fsp3) is 0.0476. The van der Waals surface area contributed by atoms with Crippen molar-refractivity contribution in [3.63, 3.8) is 0 Å². The van der Waals surface area contributed by atoms with Gasteiger partial charge in [-0.25, -0.2) is 0 Å². The monoisotopic (exact) mass is 396 g/mol. The van der Waals surface area contributed by atoms with Crippen LogP contribution in [0.1, 0.15) is 5.56 Å². The Morgan fingerprint density at radius 1 is 0.793 bits per heavy atom. The zero-order valence-electron chi connectivity index (χ0n) is 14.6. The molecule has 144 valence electrons. The molecule has 2 aromatic heterocycles. The summed E-state index contributed by atoms with van der Waals surface area (Å²) in [5, 5.41) is 14.2. The van der Waals surface area contributed by atoms with Gasteiger partial charge in [0.25, 0.3) is 5.89 Å². The molecule has 0 fully saturated rings. The molecule has 0 spiro atoms. The predicted molar refractivity (Wildman–Crippen MR) is 99.1 cm³/mol. The summed E-state index contributed by atoms with van der Waals surface area (Å²) < 4.78 is 50.1. The van der Waals surface area contributed by atoms with Crippen molar-refractivity contribution in [3.8, 4) is 28.6 Å². The van der Waals surface area contributed by atoms with Crippen molar-refractivity contribution in [2.75, 3.05) is 0 Å². The number of aromatic nitrogens is 2. The van der Waals surface area contributed by atoms with Gasteiger partial charge in [-0.15, -0.1) is 0 Å². The van der Waals surface area contributed by atoms with Crippen molar-refractivity contribution in [2.45, 2.75) is 6.18 Å². The topological polar surface area (TPSA) is 72.3 Å². The normalized spacial score (nSPS) is 12.1. The number of alkyl halides is 3. The van der Waals surface area contributed by atoms with E-state index in [1.165, 1.54) is 18.2 Å². The van der Waals surface area contributed by atoms with Gasteiger partial charge in [-0.3, -0.25) is 0 Å². The number of phenols is 1. The summed E-state index contributed by atoms with van der Waals surface area (Å²) in [6, 6.07) is 14.7. The first-order chi connectivity index (χ1) is 13.9. The van der Waals surface area contributed by atoms with Crippen LogP contribution >= 0.6 is 0 Å². The smallest absolute Gasteiger partial charge is 0.416 e. The standard InChI is InChI=1S/C21H11F3N2O3/c22-21(23,24)13-4-8-18-16(10-13)15-9-12(3-7-17(15)28-18)19-25-20(29-26-19)11-1-5-14(27)6-2-11/h1-10,27H. The number of halogens is 3.